The van der Waals surface area contributed by atoms with Crippen molar-refractivity contribution in [2.24, 2.45) is 50.2 Å². The maximum absolute atomic E-state index is 13.1. The minimum absolute atomic E-state index is 0.0297. The number of carboxylic acids is 1. The number of aliphatic carboxylic acids is 1. The maximum Gasteiger partial charge on any atom is 0.310 e. The lowest BCUT2D eigenvalue weighted by atomic mass is 9.33. The Morgan fingerprint density at radius 3 is 1.99 bits per heavy atom. The van der Waals surface area contributed by atoms with Crippen molar-refractivity contribution in [1.29, 1.82) is 0 Å². The summed E-state index contributed by atoms with van der Waals surface area (Å²) in [5.41, 5.74) is 0.201. The molecule has 9 rings (SSSR count). The van der Waals surface area contributed by atoms with Crippen LogP contribution in [0.5, 0.6) is 0 Å². The second kappa shape index (κ2) is 19.7. The second-order valence-electron chi connectivity index (χ2n) is 25.4. The molecule has 4 aliphatic heterocycles. The van der Waals surface area contributed by atoms with Crippen molar-refractivity contribution in [3.05, 3.63) is 11.6 Å². The van der Waals surface area contributed by atoms with Crippen LogP contribution >= 0.6 is 0 Å². The van der Waals surface area contributed by atoms with Crippen molar-refractivity contribution in [2.75, 3.05) is 19.8 Å². The lowest BCUT2D eigenvalue weighted by Gasteiger charge is -2.71. The molecule has 4 saturated heterocycles. The third kappa shape index (κ3) is 8.87. The molecule has 9 aliphatic rings. The zero-order chi connectivity index (χ0) is 52.4. The fraction of sp³-hybridized carbons (Fsp3) is 0.942. The van der Waals surface area contributed by atoms with Crippen molar-refractivity contribution in [3.63, 3.8) is 0 Å². The van der Waals surface area contributed by atoms with E-state index in [1.165, 1.54) is 12.5 Å². The Morgan fingerprint density at radius 1 is 0.639 bits per heavy atom. The summed E-state index contributed by atoms with van der Waals surface area (Å²) in [4.78, 5) is 13.1. The van der Waals surface area contributed by atoms with Gasteiger partial charge in [-0.3, -0.25) is 4.79 Å². The van der Waals surface area contributed by atoms with Crippen LogP contribution < -0.4 is 0 Å². The normalized spacial score (nSPS) is 54.3. The maximum atomic E-state index is 13.1. The van der Waals surface area contributed by atoms with Crippen LogP contribution in [0.2, 0.25) is 0 Å². The molecular weight excluding hydrogens is 945 g/mol. The Morgan fingerprint density at radius 2 is 1.29 bits per heavy atom. The van der Waals surface area contributed by atoms with Crippen LogP contribution in [0, 0.1) is 50.2 Å². The Labute approximate surface area is 421 Å². The number of hydrogen-bond donors (Lipinski definition) is 11. The highest BCUT2D eigenvalue weighted by Gasteiger charge is 2.70. The number of hydrogen-bond acceptors (Lipinski definition) is 19. The van der Waals surface area contributed by atoms with Crippen molar-refractivity contribution in [3.8, 4) is 0 Å². The molecule has 0 bridgehead atoms. The van der Waals surface area contributed by atoms with Crippen molar-refractivity contribution in [1.82, 2.24) is 0 Å². The number of rotatable bonds is 10. The van der Waals surface area contributed by atoms with Crippen LogP contribution in [0.1, 0.15) is 120 Å². The highest BCUT2D eigenvalue weighted by atomic mass is 16.8. The number of carbonyl (C=O) groups is 1. The number of carboxylic acid groups (broad SMARTS) is 1. The van der Waals surface area contributed by atoms with E-state index in [0.29, 0.717) is 18.8 Å². The number of allylic oxidation sites excluding steroid dienone is 2. The topological polar surface area (TPSA) is 313 Å². The summed E-state index contributed by atoms with van der Waals surface area (Å²) in [7, 11) is 0. The van der Waals surface area contributed by atoms with Gasteiger partial charge in [0.2, 0.25) is 0 Å². The van der Waals surface area contributed by atoms with Gasteiger partial charge in [0.25, 0.3) is 0 Å². The molecule has 4 saturated carbocycles. The monoisotopic (exact) mass is 1030 g/mol. The van der Waals surface area contributed by atoms with E-state index in [0.717, 1.165) is 51.4 Å². The molecule has 4 heterocycles. The molecule has 0 aromatic carbocycles. The molecule has 8 fully saturated rings. The Kier molecular flexibility index (Phi) is 15.2. The van der Waals surface area contributed by atoms with Gasteiger partial charge in [0.05, 0.1) is 37.4 Å². The minimum atomic E-state index is -1.87. The Balaban J connectivity index is 0.851. The molecular formula is C52H84O20. The predicted octanol–water partition coefficient (Wildman–Crippen LogP) is 0.836. The van der Waals surface area contributed by atoms with Crippen LogP contribution in [0.25, 0.3) is 0 Å². The van der Waals surface area contributed by atoms with Gasteiger partial charge in [-0.2, -0.15) is 0 Å². The van der Waals surface area contributed by atoms with Gasteiger partial charge in [-0.15, -0.1) is 0 Å². The molecule has 0 radical (unpaired) electrons. The molecule has 5 aliphatic carbocycles. The van der Waals surface area contributed by atoms with E-state index in [1.807, 2.05) is 0 Å². The van der Waals surface area contributed by atoms with E-state index < -0.39 is 135 Å². The lowest BCUT2D eigenvalue weighted by molar-refractivity contribution is -0.384. The first-order valence-corrected chi connectivity index (χ1v) is 26.5. The van der Waals surface area contributed by atoms with Gasteiger partial charge in [0.15, 0.2) is 25.2 Å². The molecule has 412 valence electrons. The van der Waals surface area contributed by atoms with E-state index in [1.54, 1.807) is 0 Å². The zero-order valence-electron chi connectivity index (χ0n) is 43.1. The van der Waals surface area contributed by atoms with Gasteiger partial charge in [0, 0.05) is 0 Å². The van der Waals surface area contributed by atoms with Gasteiger partial charge in [-0.1, -0.05) is 60.1 Å². The summed E-state index contributed by atoms with van der Waals surface area (Å²) in [6, 6.07) is 0. The third-order valence-electron chi connectivity index (χ3n) is 20.7. The van der Waals surface area contributed by atoms with Crippen LogP contribution in [0.4, 0.5) is 0 Å². The van der Waals surface area contributed by atoms with E-state index in [4.69, 9.17) is 37.9 Å². The van der Waals surface area contributed by atoms with Crippen molar-refractivity contribution < 1.29 is 98.9 Å². The molecule has 0 amide bonds. The van der Waals surface area contributed by atoms with Gasteiger partial charge in [0.1, 0.15) is 79.4 Å². The van der Waals surface area contributed by atoms with E-state index in [-0.39, 0.29) is 51.6 Å². The minimum Gasteiger partial charge on any atom is -0.481 e. The van der Waals surface area contributed by atoms with E-state index in [2.05, 4.69) is 54.5 Å². The predicted molar refractivity (Wildman–Crippen MR) is 250 cm³/mol. The van der Waals surface area contributed by atoms with Gasteiger partial charge in [-0.25, -0.2) is 0 Å². The summed E-state index contributed by atoms with van der Waals surface area (Å²) < 4.78 is 47.5. The summed E-state index contributed by atoms with van der Waals surface area (Å²) in [5.74, 6) is 0.0165. The smallest absolute Gasteiger partial charge is 0.310 e. The third-order valence-corrected chi connectivity index (χ3v) is 20.7. The summed E-state index contributed by atoms with van der Waals surface area (Å²) >= 11 is 0. The van der Waals surface area contributed by atoms with Gasteiger partial charge < -0.3 is 94.1 Å². The van der Waals surface area contributed by atoms with Gasteiger partial charge in [-0.05, 0) is 116 Å². The summed E-state index contributed by atoms with van der Waals surface area (Å²) in [6.07, 6.45) is -17.5. The molecule has 0 aromatic rings. The van der Waals surface area contributed by atoms with Crippen LogP contribution in [-0.2, 0) is 42.7 Å². The molecule has 0 spiro atoms. The molecule has 72 heavy (non-hydrogen) atoms. The average molecular weight is 1030 g/mol. The summed E-state index contributed by atoms with van der Waals surface area (Å²) in [6.45, 7) is 16.4. The highest BCUT2D eigenvalue weighted by molar-refractivity contribution is 5.76. The zero-order valence-corrected chi connectivity index (χ0v) is 43.1. The number of ether oxygens (including phenoxy) is 8. The first kappa shape index (κ1) is 55.3. The lowest BCUT2D eigenvalue weighted by Crippen LogP contribution is -2.66. The highest BCUT2D eigenvalue weighted by Crippen LogP contribution is 2.76. The number of aliphatic hydroxyl groups is 10. The SMILES string of the molecule is C[C@@H]1O[C@@H](O[C@@H]2CO[C@@H](O[C@H]3CC[C@@]4(C)C(CC[C@]5(C)C4CC=C4[C@@H]6CC(C)(C)CC[C@]6(C(=O)O)CCC45C)C3(C)C)[C@H](O)[C@H]2O)[C@@H](O[C@@H]2OC[C@@H](O)[C@H](O[C@@H]3O[C@H](CO)[C@@H](O)[C@H](O)[C@H]3O)[C@H]2O)[C@H](O)[C@@H]1O. The fourth-order valence-electron chi connectivity index (χ4n) is 16.0. The van der Waals surface area contributed by atoms with Crippen LogP contribution in [0.3, 0.4) is 0 Å². The molecule has 26 atom stereocenters. The fourth-order valence-corrected chi connectivity index (χ4v) is 16.0. The Bertz CT molecular complexity index is 1990. The number of fused-ring (bicyclic) bond motifs is 7. The number of aliphatic hydroxyl groups excluding tert-OH is 10. The van der Waals surface area contributed by atoms with E-state index in [9.17, 15) is 61.0 Å². The van der Waals surface area contributed by atoms with Crippen LogP contribution in [-0.4, -0.2) is 199 Å². The molecule has 20 nitrogen and oxygen atoms in total. The quantitative estimate of drug-likeness (QED) is 0.107. The average Bonchev–Trinajstić information content (AvgIpc) is 3.31. The first-order valence-electron chi connectivity index (χ1n) is 26.5. The molecule has 0 aromatic heterocycles. The van der Waals surface area contributed by atoms with E-state index >= 15 is 0 Å². The van der Waals surface area contributed by atoms with Crippen molar-refractivity contribution >= 4 is 5.97 Å². The second-order valence-corrected chi connectivity index (χ2v) is 25.4. The molecule has 3 unspecified atom stereocenters. The van der Waals surface area contributed by atoms with Crippen molar-refractivity contribution in [2.45, 2.75) is 236 Å². The standard InChI is InChI=1S/C52H84O20/c1-23-32(55)36(59)41(72-43-39(62)40(26(54)21-65-43)71-44-38(61)35(58)33(56)27(20-53)68-44)45(67-23)69-28-22-66-42(37(60)34(28)57)70-31-12-13-49(6)29(48(31,4)5)11-14-51(8)30(49)10-9-24-25-19-47(2,3)15-17-52(25,46(63)64)18-16-50(24,51)7/h9,23,25-45,53-62H,10-22H2,1-8H3,(H,63,64)/t23-,25-,26+,27+,28+,29?,30?,31-,32+,33+,34-,35-,36+,37+,38+,39+,40-,41-,42-,43-,44-,45-,49-,50?,51+,52-/m0/s1. The first-order chi connectivity index (χ1) is 33.7. The van der Waals surface area contributed by atoms with Crippen LogP contribution in [0.15, 0.2) is 11.6 Å². The molecule has 20 heteroatoms. The summed E-state index contributed by atoms with van der Waals surface area (Å²) in [5, 5.41) is 119. The molecule has 11 N–H and O–H groups in total. The largest absolute Gasteiger partial charge is 0.481 e. The van der Waals surface area contributed by atoms with Gasteiger partial charge >= 0.3 is 5.97 Å². The Hall–Kier alpha value is -1.51.